The Morgan fingerprint density at radius 1 is 1.13 bits per heavy atom. The minimum Gasteiger partial charge on any atom is -0.379 e. The molecule has 0 saturated carbocycles. The Bertz CT molecular complexity index is 746. The number of likely N-dealkylation sites (N-methyl/N-ethyl adjacent to an activating group) is 1. The van der Waals surface area contributed by atoms with Gasteiger partial charge in [-0.05, 0) is 30.7 Å². The summed E-state index contributed by atoms with van der Waals surface area (Å²) in [5.41, 5.74) is 1.66. The molecule has 3 aliphatic rings. The van der Waals surface area contributed by atoms with Crippen LogP contribution in [0.4, 0.5) is 10.1 Å². The second-order valence-electron chi connectivity index (χ2n) is 8.64. The average Bonchev–Trinajstić information content (AvgIpc) is 3.30. The molecule has 31 heavy (non-hydrogen) atoms. The summed E-state index contributed by atoms with van der Waals surface area (Å²) >= 11 is 0. The lowest BCUT2D eigenvalue weighted by atomic mass is 10.1. The van der Waals surface area contributed by atoms with Crippen molar-refractivity contribution in [3.05, 3.63) is 29.6 Å². The highest BCUT2D eigenvalue weighted by Gasteiger charge is 2.30. The first-order valence-electron chi connectivity index (χ1n) is 11.7. The van der Waals surface area contributed by atoms with Gasteiger partial charge in [0.05, 0.1) is 18.9 Å². The van der Waals surface area contributed by atoms with E-state index in [2.05, 4.69) is 36.8 Å². The maximum Gasteiger partial charge on any atom is 0.193 e. The SMILES string of the molecule is CCN1CCN(c2ccc(CNC(=NC)N3CCC(N4CCOCC4)C3)cc2F)CC1. The average molecular weight is 433 g/mol. The van der Waals surface area contributed by atoms with Crippen LogP contribution in [0.15, 0.2) is 23.2 Å². The van der Waals surface area contributed by atoms with Crippen LogP contribution in [0, 0.1) is 5.82 Å². The number of nitrogens with one attached hydrogen (secondary N) is 1. The molecule has 0 radical (unpaired) electrons. The van der Waals surface area contributed by atoms with Gasteiger partial charge in [0.2, 0.25) is 0 Å². The molecule has 172 valence electrons. The van der Waals surface area contributed by atoms with E-state index in [1.54, 1.807) is 6.07 Å². The lowest BCUT2D eigenvalue weighted by molar-refractivity contribution is 0.0195. The molecule has 0 spiro atoms. The smallest absolute Gasteiger partial charge is 0.193 e. The predicted molar refractivity (Wildman–Crippen MR) is 123 cm³/mol. The molecule has 3 aliphatic heterocycles. The molecule has 0 bridgehead atoms. The molecule has 8 heteroatoms. The Labute approximate surface area is 185 Å². The van der Waals surface area contributed by atoms with E-state index >= 15 is 0 Å². The van der Waals surface area contributed by atoms with Gasteiger partial charge in [-0.3, -0.25) is 9.89 Å². The number of rotatable bonds is 5. The van der Waals surface area contributed by atoms with E-state index < -0.39 is 0 Å². The zero-order valence-electron chi connectivity index (χ0n) is 19.0. The zero-order valence-corrected chi connectivity index (χ0v) is 19.0. The summed E-state index contributed by atoms with van der Waals surface area (Å²) in [7, 11) is 1.82. The standard InChI is InChI=1S/C23H37FN6O/c1-3-27-8-10-29(11-9-27)22-5-4-19(16-21(22)24)17-26-23(25-2)30-7-6-20(18-30)28-12-14-31-15-13-28/h4-5,16,20H,3,6-15,17-18H2,1-2H3,(H,25,26). The first-order valence-corrected chi connectivity index (χ1v) is 11.7. The highest BCUT2D eigenvalue weighted by atomic mass is 19.1. The molecule has 1 unspecified atom stereocenters. The molecule has 0 aromatic heterocycles. The molecule has 1 N–H and O–H groups in total. The summed E-state index contributed by atoms with van der Waals surface area (Å²) in [6, 6.07) is 6.20. The molecule has 0 aliphatic carbocycles. The number of hydrogen-bond donors (Lipinski definition) is 1. The van der Waals surface area contributed by atoms with Crippen LogP contribution in [0.25, 0.3) is 0 Å². The van der Waals surface area contributed by atoms with Gasteiger partial charge in [0.15, 0.2) is 5.96 Å². The zero-order chi connectivity index (χ0) is 21.6. The number of likely N-dealkylation sites (tertiary alicyclic amines) is 1. The fraction of sp³-hybridized carbons (Fsp3) is 0.696. The first-order chi connectivity index (χ1) is 15.2. The van der Waals surface area contributed by atoms with Crippen LogP contribution in [0.3, 0.4) is 0 Å². The van der Waals surface area contributed by atoms with Crippen LogP contribution in [-0.2, 0) is 11.3 Å². The normalized spacial score (nSPS) is 24.1. The second-order valence-corrected chi connectivity index (χ2v) is 8.64. The molecule has 1 aromatic rings. The maximum atomic E-state index is 14.8. The van der Waals surface area contributed by atoms with E-state index in [0.717, 1.165) is 95.7 Å². The Balaban J connectivity index is 1.29. The summed E-state index contributed by atoms with van der Waals surface area (Å²) < 4.78 is 20.3. The van der Waals surface area contributed by atoms with Gasteiger partial charge in [0, 0.05) is 72.0 Å². The number of anilines is 1. The van der Waals surface area contributed by atoms with Crippen molar-refractivity contribution in [2.24, 2.45) is 4.99 Å². The quantitative estimate of drug-likeness (QED) is 0.561. The van der Waals surface area contributed by atoms with Crippen molar-refractivity contribution in [3.8, 4) is 0 Å². The van der Waals surface area contributed by atoms with Crippen molar-refractivity contribution in [3.63, 3.8) is 0 Å². The first kappa shape index (κ1) is 22.3. The lowest BCUT2D eigenvalue weighted by Crippen LogP contribution is -2.46. The molecule has 0 amide bonds. The van der Waals surface area contributed by atoms with Gasteiger partial charge < -0.3 is 24.8 Å². The van der Waals surface area contributed by atoms with Crippen LogP contribution in [0.5, 0.6) is 0 Å². The number of aliphatic imine (C=N–C) groups is 1. The molecule has 1 atom stereocenters. The maximum absolute atomic E-state index is 14.8. The number of hydrogen-bond acceptors (Lipinski definition) is 5. The Morgan fingerprint density at radius 3 is 2.58 bits per heavy atom. The van der Waals surface area contributed by atoms with E-state index in [4.69, 9.17) is 4.74 Å². The number of nitrogens with zero attached hydrogens (tertiary/aromatic N) is 5. The summed E-state index contributed by atoms with van der Waals surface area (Å²) in [5.74, 6) is 0.767. The molecular formula is C23H37FN6O. The third-order valence-corrected chi connectivity index (χ3v) is 6.86. The summed E-state index contributed by atoms with van der Waals surface area (Å²) in [4.78, 5) is 13.9. The largest absolute Gasteiger partial charge is 0.379 e. The minimum atomic E-state index is -0.132. The van der Waals surface area contributed by atoms with Crippen LogP contribution >= 0.6 is 0 Å². The number of morpholine rings is 1. The van der Waals surface area contributed by atoms with Gasteiger partial charge in [0.1, 0.15) is 5.82 Å². The third kappa shape index (κ3) is 5.48. The highest BCUT2D eigenvalue weighted by Crippen LogP contribution is 2.22. The van der Waals surface area contributed by atoms with Gasteiger partial charge >= 0.3 is 0 Å². The van der Waals surface area contributed by atoms with E-state index in [-0.39, 0.29) is 5.82 Å². The lowest BCUT2D eigenvalue weighted by Gasteiger charge is -2.35. The van der Waals surface area contributed by atoms with Crippen molar-refractivity contribution in [1.29, 1.82) is 0 Å². The van der Waals surface area contributed by atoms with E-state index in [0.29, 0.717) is 12.6 Å². The molecule has 4 rings (SSSR count). The summed E-state index contributed by atoms with van der Waals surface area (Å²) in [6.45, 7) is 13.3. The van der Waals surface area contributed by atoms with Crippen LogP contribution in [0.2, 0.25) is 0 Å². The van der Waals surface area contributed by atoms with Gasteiger partial charge in [-0.1, -0.05) is 13.0 Å². The summed E-state index contributed by atoms with van der Waals surface area (Å²) in [6.07, 6.45) is 1.15. The fourth-order valence-electron chi connectivity index (χ4n) is 4.91. The fourth-order valence-corrected chi connectivity index (χ4v) is 4.91. The van der Waals surface area contributed by atoms with Gasteiger partial charge in [-0.25, -0.2) is 4.39 Å². The number of benzene rings is 1. The Morgan fingerprint density at radius 2 is 1.90 bits per heavy atom. The number of ether oxygens (including phenoxy) is 1. The van der Waals surface area contributed by atoms with Crippen LogP contribution < -0.4 is 10.2 Å². The molecular weight excluding hydrogens is 395 g/mol. The molecule has 1 aromatic carbocycles. The molecule has 3 fully saturated rings. The highest BCUT2D eigenvalue weighted by molar-refractivity contribution is 5.80. The van der Waals surface area contributed by atoms with Crippen molar-refractivity contribution < 1.29 is 9.13 Å². The van der Waals surface area contributed by atoms with Crippen molar-refractivity contribution in [2.75, 3.05) is 84.1 Å². The van der Waals surface area contributed by atoms with Gasteiger partial charge in [-0.2, -0.15) is 0 Å². The minimum absolute atomic E-state index is 0.132. The van der Waals surface area contributed by atoms with Crippen molar-refractivity contribution in [2.45, 2.75) is 25.9 Å². The number of guanidine groups is 1. The number of piperazine rings is 1. The molecule has 7 nitrogen and oxygen atoms in total. The Kier molecular flexibility index (Phi) is 7.63. The summed E-state index contributed by atoms with van der Waals surface area (Å²) in [5, 5.41) is 3.44. The van der Waals surface area contributed by atoms with Gasteiger partial charge in [-0.15, -0.1) is 0 Å². The predicted octanol–water partition coefficient (Wildman–Crippen LogP) is 1.45. The van der Waals surface area contributed by atoms with Crippen LogP contribution in [-0.4, -0.2) is 106 Å². The van der Waals surface area contributed by atoms with E-state index in [1.165, 1.54) is 0 Å². The monoisotopic (exact) mass is 432 g/mol. The Hall–Kier alpha value is -1.90. The van der Waals surface area contributed by atoms with Crippen molar-refractivity contribution >= 4 is 11.6 Å². The van der Waals surface area contributed by atoms with E-state index in [9.17, 15) is 4.39 Å². The molecule has 3 heterocycles. The third-order valence-electron chi connectivity index (χ3n) is 6.86. The van der Waals surface area contributed by atoms with E-state index in [1.807, 2.05) is 19.2 Å². The second kappa shape index (κ2) is 10.6. The topological polar surface area (TPSA) is 46.6 Å². The molecule has 3 saturated heterocycles. The van der Waals surface area contributed by atoms with Crippen LogP contribution in [0.1, 0.15) is 18.9 Å². The number of halogens is 1. The van der Waals surface area contributed by atoms with Gasteiger partial charge in [0.25, 0.3) is 0 Å². The van der Waals surface area contributed by atoms with Crippen molar-refractivity contribution in [1.82, 2.24) is 20.0 Å².